The summed E-state index contributed by atoms with van der Waals surface area (Å²) in [5, 5.41) is 20.1. The zero-order chi connectivity index (χ0) is 10.1. The first-order valence-electron chi connectivity index (χ1n) is 4.80. The summed E-state index contributed by atoms with van der Waals surface area (Å²) in [5.41, 5.74) is 0.692. The summed E-state index contributed by atoms with van der Waals surface area (Å²) in [6.45, 7) is 0. The number of benzene rings is 1. The van der Waals surface area contributed by atoms with Gasteiger partial charge in [-0.3, -0.25) is 0 Å². The second-order valence-corrected chi connectivity index (χ2v) is 4.26. The number of hydrogen-bond acceptors (Lipinski definition) is 2. The molecule has 14 heavy (non-hydrogen) atoms. The number of aliphatic hydroxyl groups excluding tert-OH is 2. The van der Waals surface area contributed by atoms with Crippen molar-refractivity contribution in [2.45, 2.75) is 25.0 Å². The highest BCUT2D eigenvalue weighted by molar-refractivity contribution is 6.30. The molecule has 0 heterocycles. The van der Waals surface area contributed by atoms with Gasteiger partial charge in [0, 0.05) is 5.02 Å². The van der Waals surface area contributed by atoms with E-state index in [-0.39, 0.29) is 5.92 Å². The molecule has 0 aliphatic heterocycles. The molecular weight excluding hydrogens is 200 g/mol. The van der Waals surface area contributed by atoms with Crippen LogP contribution in [0.1, 0.15) is 24.5 Å². The van der Waals surface area contributed by atoms with E-state index in [4.69, 9.17) is 11.6 Å². The Kier molecular flexibility index (Phi) is 2.77. The van der Waals surface area contributed by atoms with Crippen LogP contribution in [0.3, 0.4) is 0 Å². The van der Waals surface area contributed by atoms with E-state index in [2.05, 4.69) is 0 Å². The Bertz CT molecular complexity index is 323. The monoisotopic (exact) mass is 212 g/mol. The summed E-state index contributed by atoms with van der Waals surface area (Å²) >= 11 is 5.80. The summed E-state index contributed by atoms with van der Waals surface area (Å²) in [5.74, 6) is 0.268. The Morgan fingerprint density at radius 3 is 2.57 bits per heavy atom. The molecule has 2 unspecified atom stereocenters. The van der Waals surface area contributed by atoms with E-state index in [0.29, 0.717) is 10.6 Å². The highest BCUT2D eigenvalue weighted by Gasteiger charge is 2.34. The summed E-state index contributed by atoms with van der Waals surface area (Å²) in [6.07, 6.45) is 0.576. The van der Waals surface area contributed by atoms with Gasteiger partial charge in [-0.25, -0.2) is 0 Å². The van der Waals surface area contributed by atoms with Crippen LogP contribution in [0.5, 0.6) is 0 Å². The van der Waals surface area contributed by atoms with Gasteiger partial charge in [0.05, 0.1) is 6.10 Å². The van der Waals surface area contributed by atoms with Crippen molar-refractivity contribution in [3.05, 3.63) is 34.9 Å². The van der Waals surface area contributed by atoms with Crippen molar-refractivity contribution in [1.82, 2.24) is 0 Å². The van der Waals surface area contributed by atoms with E-state index >= 15 is 0 Å². The summed E-state index contributed by atoms with van der Waals surface area (Å²) in [4.78, 5) is 0. The van der Waals surface area contributed by atoms with Gasteiger partial charge in [-0.2, -0.15) is 0 Å². The minimum absolute atomic E-state index is 0.268. The third kappa shape index (κ3) is 2.08. The van der Waals surface area contributed by atoms with Gasteiger partial charge in [0.25, 0.3) is 0 Å². The zero-order valence-corrected chi connectivity index (χ0v) is 8.48. The van der Waals surface area contributed by atoms with Gasteiger partial charge < -0.3 is 10.2 Å². The fraction of sp³-hybridized carbons (Fsp3) is 0.455. The van der Waals surface area contributed by atoms with Crippen molar-refractivity contribution in [2.75, 3.05) is 0 Å². The molecule has 1 fully saturated rings. The number of aliphatic hydroxyl groups is 2. The van der Waals surface area contributed by atoms with E-state index < -0.39 is 12.2 Å². The molecule has 0 aromatic heterocycles. The predicted octanol–water partition coefficient (Wildman–Crippen LogP) is 2.14. The van der Waals surface area contributed by atoms with Gasteiger partial charge in [0.2, 0.25) is 0 Å². The maximum Gasteiger partial charge on any atom is 0.105 e. The summed E-state index contributed by atoms with van der Waals surface area (Å²) in [6, 6.07) is 7.00. The molecule has 2 atom stereocenters. The first kappa shape index (κ1) is 9.97. The van der Waals surface area contributed by atoms with Crippen LogP contribution in [-0.4, -0.2) is 16.3 Å². The lowest BCUT2D eigenvalue weighted by Crippen LogP contribution is -2.20. The van der Waals surface area contributed by atoms with Crippen LogP contribution in [0.25, 0.3) is 0 Å². The minimum atomic E-state index is -0.804. The van der Waals surface area contributed by atoms with Gasteiger partial charge in [-0.05, 0) is 36.5 Å². The molecular formula is C11H13ClO2. The average molecular weight is 213 g/mol. The molecule has 1 aromatic carbocycles. The van der Waals surface area contributed by atoms with Crippen molar-refractivity contribution in [3.63, 3.8) is 0 Å². The molecule has 0 saturated heterocycles. The van der Waals surface area contributed by atoms with Crippen molar-refractivity contribution in [2.24, 2.45) is 5.92 Å². The van der Waals surface area contributed by atoms with Crippen molar-refractivity contribution in [3.8, 4) is 0 Å². The van der Waals surface area contributed by atoms with E-state index in [1.165, 1.54) is 0 Å². The fourth-order valence-corrected chi connectivity index (χ4v) is 1.78. The Hall–Kier alpha value is -0.570. The van der Waals surface area contributed by atoms with Gasteiger partial charge in [0.1, 0.15) is 6.10 Å². The third-order valence-electron chi connectivity index (χ3n) is 2.62. The molecule has 1 aromatic rings. The van der Waals surface area contributed by atoms with Crippen LogP contribution in [-0.2, 0) is 0 Å². The van der Waals surface area contributed by atoms with Crippen LogP contribution >= 0.6 is 11.6 Å². The summed E-state index contributed by atoms with van der Waals surface area (Å²) in [7, 11) is 0. The van der Waals surface area contributed by atoms with Crippen LogP contribution in [0.2, 0.25) is 5.02 Å². The molecule has 0 spiro atoms. The number of halogens is 1. The molecule has 2 nitrogen and oxygen atoms in total. The van der Waals surface area contributed by atoms with Gasteiger partial charge in [0.15, 0.2) is 0 Å². The van der Waals surface area contributed by atoms with Crippen molar-refractivity contribution >= 4 is 11.6 Å². The highest BCUT2D eigenvalue weighted by atomic mass is 35.5. The lowest BCUT2D eigenvalue weighted by Gasteiger charge is -2.17. The van der Waals surface area contributed by atoms with Gasteiger partial charge in [-0.1, -0.05) is 23.7 Å². The first-order chi connectivity index (χ1) is 6.68. The van der Waals surface area contributed by atoms with E-state index in [1.807, 2.05) is 0 Å². The maximum absolute atomic E-state index is 9.82. The molecule has 0 bridgehead atoms. The average Bonchev–Trinajstić information content (AvgIpc) is 2.99. The van der Waals surface area contributed by atoms with E-state index in [9.17, 15) is 10.2 Å². The zero-order valence-electron chi connectivity index (χ0n) is 7.73. The lowest BCUT2D eigenvalue weighted by atomic mass is 10.0. The number of rotatable bonds is 3. The largest absolute Gasteiger partial charge is 0.390 e. The first-order valence-corrected chi connectivity index (χ1v) is 5.18. The molecule has 1 aliphatic carbocycles. The molecule has 3 heteroatoms. The Balaban J connectivity index is 2.13. The smallest absolute Gasteiger partial charge is 0.105 e. The molecule has 0 amide bonds. The predicted molar refractivity (Wildman–Crippen MR) is 55.1 cm³/mol. The lowest BCUT2D eigenvalue weighted by molar-refractivity contribution is 0.00485. The second kappa shape index (κ2) is 3.89. The molecule has 1 saturated carbocycles. The maximum atomic E-state index is 9.82. The molecule has 2 N–H and O–H groups in total. The third-order valence-corrected chi connectivity index (χ3v) is 2.85. The highest BCUT2D eigenvalue weighted by Crippen LogP contribution is 2.38. The SMILES string of the molecule is OC(c1cccc(Cl)c1)C(O)C1CC1. The van der Waals surface area contributed by atoms with E-state index in [0.717, 1.165) is 12.8 Å². The number of hydrogen-bond donors (Lipinski definition) is 2. The van der Waals surface area contributed by atoms with Crippen LogP contribution in [0.4, 0.5) is 0 Å². The standard InChI is InChI=1S/C11H13ClO2/c12-9-3-1-2-8(6-9)11(14)10(13)7-4-5-7/h1-3,6-7,10-11,13-14H,4-5H2. The van der Waals surface area contributed by atoms with Crippen LogP contribution < -0.4 is 0 Å². The minimum Gasteiger partial charge on any atom is -0.390 e. The van der Waals surface area contributed by atoms with Crippen LogP contribution in [0, 0.1) is 5.92 Å². The topological polar surface area (TPSA) is 40.5 Å². The normalized spacial score (nSPS) is 20.5. The quantitative estimate of drug-likeness (QED) is 0.806. The van der Waals surface area contributed by atoms with E-state index in [1.54, 1.807) is 24.3 Å². The Morgan fingerprint density at radius 2 is 2.00 bits per heavy atom. The molecule has 0 radical (unpaired) electrons. The van der Waals surface area contributed by atoms with Crippen LogP contribution in [0.15, 0.2) is 24.3 Å². The van der Waals surface area contributed by atoms with Crippen molar-refractivity contribution < 1.29 is 10.2 Å². The Morgan fingerprint density at radius 1 is 1.29 bits per heavy atom. The Labute approximate surface area is 88.1 Å². The molecule has 1 aliphatic rings. The molecule has 76 valence electrons. The van der Waals surface area contributed by atoms with Crippen molar-refractivity contribution in [1.29, 1.82) is 0 Å². The fourth-order valence-electron chi connectivity index (χ4n) is 1.58. The van der Waals surface area contributed by atoms with Gasteiger partial charge >= 0.3 is 0 Å². The molecule has 2 rings (SSSR count). The second-order valence-electron chi connectivity index (χ2n) is 3.83. The summed E-state index contributed by atoms with van der Waals surface area (Å²) < 4.78 is 0. The van der Waals surface area contributed by atoms with Gasteiger partial charge in [-0.15, -0.1) is 0 Å².